The maximum absolute atomic E-state index is 8.90. The molecular weight excluding hydrogens is 1660 g/mol. The molecule has 0 aromatic carbocycles. The maximum Gasteiger partial charge on any atom is 0.0976 e. The van der Waals surface area contributed by atoms with E-state index in [9.17, 15) is 0 Å². The molecule has 2 unspecified atom stereocenters. The third-order valence-electron chi connectivity index (χ3n) is 3.57. The molecule has 7 N–H and O–H groups in total. The number of hydrogen-bond donors (Lipinski definition) is 7. The first-order chi connectivity index (χ1) is 21.0. The van der Waals surface area contributed by atoms with Crippen LogP contribution >= 0.6 is 0 Å². The molecule has 2 atom stereocenters. The van der Waals surface area contributed by atoms with Gasteiger partial charge < -0.3 is 83.1 Å². The first kappa shape index (κ1) is 65.9. The summed E-state index contributed by atoms with van der Waals surface area (Å²) in [6.07, 6.45) is -3.12. The first-order valence-electron chi connectivity index (χ1n) is 12.8. The van der Waals surface area contributed by atoms with Gasteiger partial charge in [0, 0.05) is 52.9 Å². The Balaban J connectivity index is -0.0000000556. The summed E-state index contributed by atoms with van der Waals surface area (Å²) >= 11 is 0. The molecule has 0 aromatic heterocycles. The van der Waals surface area contributed by atoms with Gasteiger partial charge in [0.2, 0.25) is 0 Å². The van der Waals surface area contributed by atoms with E-state index in [0.717, 1.165) is 0 Å². The zero-order chi connectivity index (χ0) is 34.9. The second kappa shape index (κ2) is 61.3. The summed E-state index contributed by atoms with van der Waals surface area (Å²) in [6, 6.07) is 0. The van der Waals surface area contributed by atoms with Crippen LogP contribution in [-0.4, -0.2) is 159 Å². The second-order valence-corrected chi connectivity index (χ2v) is 7.83. The van der Waals surface area contributed by atoms with Crippen LogP contribution < -0.4 is 0 Å². The van der Waals surface area contributed by atoms with Crippen molar-refractivity contribution in [2.45, 2.75) is 30.5 Å². The number of hydrogen-bond acceptors (Lipinski definition) is 17. The Morgan fingerprint density at radius 2 is 0.458 bits per heavy atom. The average molecular weight is 1720 g/mol. The van der Waals surface area contributed by atoms with E-state index in [1.165, 1.54) is 0 Å². The van der Waals surface area contributed by atoms with Crippen molar-refractivity contribution in [2.24, 2.45) is 0 Å². The molecule has 0 aliphatic heterocycles. The van der Waals surface area contributed by atoms with Crippen molar-refractivity contribution in [3.8, 4) is 0 Å². The molecule has 0 amide bonds. The van der Waals surface area contributed by atoms with Crippen molar-refractivity contribution in [3.63, 3.8) is 0 Å². The third kappa shape index (κ3) is 78.1. The summed E-state index contributed by atoms with van der Waals surface area (Å²) in [5.74, 6) is 0. The van der Waals surface area contributed by atoms with E-state index in [1.807, 2.05) is 0 Å². The van der Waals surface area contributed by atoms with Crippen LogP contribution in [0.15, 0.2) is 0 Å². The number of aliphatic hydroxyl groups is 7. The van der Waals surface area contributed by atoms with Crippen LogP contribution in [-0.2, 0) is 47.4 Å². The fraction of sp³-hybridized carbons (Fsp3) is 0.704. The fourth-order valence-corrected chi connectivity index (χ4v) is 1.90. The Hall–Kier alpha value is -4.68. The largest absolute Gasteiger partial charge is 0.553 e. The van der Waals surface area contributed by atoms with Crippen molar-refractivity contribution in [1.29, 1.82) is 0 Å². The van der Waals surface area contributed by atoms with Gasteiger partial charge >= 0.3 is 0 Å². The van der Waals surface area contributed by atoms with E-state index in [0.29, 0.717) is 0 Å². The van der Waals surface area contributed by atoms with Crippen molar-refractivity contribution < 1.29 is 83.1 Å². The minimum absolute atomic E-state index is 0. The predicted molar refractivity (Wildman–Crippen MR) is 156 cm³/mol. The number of ether oxygens (including phenoxy) is 10. The van der Waals surface area contributed by atoms with Crippen LogP contribution in [0.2, 0.25) is 0 Å². The number of rotatable bonds is 24. The smallest absolute Gasteiger partial charge is 0.0976 e. The molecule has 0 rings (SSSR count). The van der Waals surface area contributed by atoms with Gasteiger partial charge in [-0.05, 0) is 0 Å². The third-order valence-corrected chi connectivity index (χ3v) is 3.57. The molecule has 0 fully saturated rings. The molecule has 0 aromatic rings. The summed E-state index contributed by atoms with van der Waals surface area (Å²) in [4.78, 5) is 0. The standard InChI is InChI=1S/2C6H13O4.3C5H10O3.4Rf/c2*1-9-4-6(8)5-10-3-2-7;3*1-7-3-5(6)4-8-2;;;;/h2*6-8H,1-5H2;3*5-6H,1-4H2;;;;/q2*-1;3*-2;;;;. The zero-order valence-electron chi connectivity index (χ0n) is 28.5. The van der Waals surface area contributed by atoms with Gasteiger partial charge in [0.15, 0.2) is 0 Å². The quantitative estimate of drug-likeness (QED) is 0.0419. The summed E-state index contributed by atoms with van der Waals surface area (Å²) in [7, 11) is 24.6. The van der Waals surface area contributed by atoms with Gasteiger partial charge in [0.05, 0.1) is 70.2 Å². The molecule has 21 heteroatoms. The van der Waals surface area contributed by atoms with Crippen LogP contribution in [0, 0.1) is 56.9 Å². The average Bonchev–Trinajstić information content (AvgIpc) is 2.96. The van der Waals surface area contributed by atoms with Gasteiger partial charge in [-0.25, -0.2) is 56.9 Å². The summed E-state index contributed by atoms with van der Waals surface area (Å²) in [5.41, 5.74) is 0. The molecule has 0 aliphatic carbocycles. The predicted octanol–water partition coefficient (Wildman–Crippen LogP) is -1.78. The van der Waals surface area contributed by atoms with Crippen LogP contribution in [0.4, 0.5) is 0 Å². The van der Waals surface area contributed by atoms with E-state index in [-0.39, 0.29) is 92.5 Å². The Labute approximate surface area is 263 Å². The van der Waals surface area contributed by atoms with Crippen molar-refractivity contribution in [1.82, 2.24) is 0 Å². The van der Waals surface area contributed by atoms with Gasteiger partial charge in [-0.15, -0.1) is 0 Å². The van der Waals surface area contributed by atoms with Crippen molar-refractivity contribution in [3.05, 3.63) is 56.9 Å². The summed E-state index contributed by atoms with van der Waals surface area (Å²) in [5, 5.41) is 60.5. The molecule has 48 heavy (non-hydrogen) atoms. The maximum atomic E-state index is 8.90. The van der Waals surface area contributed by atoms with Crippen LogP contribution in [0.3, 0.4) is 0 Å². The Morgan fingerprint density at radius 3 is 0.583 bits per heavy atom. The summed E-state index contributed by atoms with van der Waals surface area (Å²) in [6.45, 7) is 2.24. The SMILES string of the molecule is [CH2-]OCC(O)COCCO.[CH2-]OCC(O)COCCO.[CH2-]OCC(O)CO[CH2-].[CH2-]OCC(O)CO[CH2-].[CH2-]OCC(O)CO[CH2-].[Rf].[Rf].[Rf].[Rf]. The summed E-state index contributed by atoms with van der Waals surface area (Å²) < 4.78 is 44.5. The molecule has 0 radical (unpaired) electrons. The fourth-order valence-electron chi connectivity index (χ4n) is 1.90. The van der Waals surface area contributed by atoms with Crippen LogP contribution in [0.25, 0.3) is 0 Å². The van der Waals surface area contributed by atoms with Crippen molar-refractivity contribution in [2.75, 3.05) is 92.5 Å². The van der Waals surface area contributed by atoms with Crippen LogP contribution in [0.5, 0.6) is 0 Å². The minimum Gasteiger partial charge on any atom is -0.553 e. The molecule has 0 saturated heterocycles. The Kier molecular flexibility index (Phi) is 84.2. The van der Waals surface area contributed by atoms with Gasteiger partial charge in [0.1, 0.15) is 0 Å². The van der Waals surface area contributed by atoms with Crippen molar-refractivity contribution >= 4 is 0 Å². The van der Waals surface area contributed by atoms with Gasteiger partial charge in [0.25, 0.3) is 0 Å². The topological polar surface area (TPSA) is 234 Å². The first-order valence-corrected chi connectivity index (χ1v) is 12.8. The molecule has 0 bridgehead atoms. The van der Waals surface area contributed by atoms with Gasteiger partial charge in [-0.1, -0.05) is 0 Å². The molecule has 0 aliphatic rings. The van der Waals surface area contributed by atoms with Gasteiger partial charge in [-0.2, -0.15) is 0 Å². The minimum atomic E-state index is -0.649. The van der Waals surface area contributed by atoms with Gasteiger partial charge in [-0.3, -0.25) is 0 Å². The Bertz CT molecular complexity index is 405. The zero-order valence-corrected chi connectivity index (χ0v) is 54.1. The normalized spacial score (nSPS) is 10.9. The molecule has 0 saturated carbocycles. The van der Waals surface area contributed by atoms with Crippen LogP contribution in [0.1, 0.15) is 0 Å². The van der Waals surface area contributed by atoms with E-state index >= 15 is 0 Å². The molecule has 0 heterocycles. The second-order valence-electron chi connectivity index (χ2n) is 7.83. The Morgan fingerprint density at radius 1 is 0.312 bits per heavy atom. The molecule has 17 nitrogen and oxygen atoms in total. The van der Waals surface area contributed by atoms with E-state index in [1.54, 1.807) is 0 Å². The van der Waals surface area contributed by atoms with E-state index < -0.39 is 30.5 Å². The number of aliphatic hydroxyl groups excluding tert-OH is 7. The van der Waals surface area contributed by atoms with E-state index in [2.05, 4.69) is 94.8 Å². The molecular formula is C27H56O17Rf4-8. The molecule has 282 valence electrons. The monoisotopic (exact) mass is 1720 g/mol. The van der Waals surface area contributed by atoms with E-state index in [4.69, 9.17) is 45.2 Å². The molecule has 0 spiro atoms.